The highest BCUT2D eigenvalue weighted by Gasteiger charge is 2.45. The maximum atomic E-state index is 10.4. The predicted octanol–water partition coefficient (Wildman–Crippen LogP) is 1.79. The second-order valence-electron chi connectivity index (χ2n) is 6.52. The lowest BCUT2D eigenvalue weighted by atomic mass is 9.77. The molecule has 1 saturated heterocycles. The van der Waals surface area contributed by atoms with Crippen LogP contribution in [0.2, 0.25) is 0 Å². The Balaban J connectivity index is 1.64. The first-order chi connectivity index (χ1) is 10.8. The van der Waals surface area contributed by atoms with E-state index in [1.165, 1.54) is 0 Å². The van der Waals surface area contributed by atoms with E-state index < -0.39 is 0 Å². The van der Waals surface area contributed by atoms with Crippen molar-refractivity contribution >= 4 is 5.95 Å². The Morgan fingerprint density at radius 1 is 1.14 bits per heavy atom. The summed E-state index contributed by atoms with van der Waals surface area (Å²) in [6, 6.07) is 9.96. The molecule has 0 radical (unpaired) electrons. The molecule has 1 saturated carbocycles. The number of aliphatic hydroxyl groups is 1. The lowest BCUT2D eigenvalue weighted by molar-refractivity contribution is 0.0405. The van der Waals surface area contributed by atoms with Crippen LogP contribution in [0.1, 0.15) is 32.1 Å². The fraction of sp³-hybridized carbons (Fsp3) is 0.562. The zero-order valence-corrected chi connectivity index (χ0v) is 12.6. The van der Waals surface area contributed by atoms with Gasteiger partial charge in [-0.25, -0.2) is 0 Å². The van der Waals surface area contributed by atoms with Gasteiger partial charge >= 0.3 is 0 Å². The number of aromatic nitrogens is 4. The number of para-hydroxylation sites is 1. The van der Waals surface area contributed by atoms with Crippen molar-refractivity contribution in [3.8, 4) is 5.69 Å². The van der Waals surface area contributed by atoms with Gasteiger partial charge in [0, 0.05) is 18.5 Å². The van der Waals surface area contributed by atoms with Gasteiger partial charge in [-0.1, -0.05) is 29.7 Å². The SMILES string of the molecule is O[C@@H]1CCC[C@@]12CCCN(c1nnnn1-c1ccccc1)C2. The van der Waals surface area contributed by atoms with Crippen LogP contribution in [0.3, 0.4) is 0 Å². The Labute approximate surface area is 129 Å². The zero-order chi connectivity index (χ0) is 15.0. The minimum atomic E-state index is -0.184. The van der Waals surface area contributed by atoms with Crippen molar-refractivity contribution in [3.63, 3.8) is 0 Å². The first kappa shape index (κ1) is 13.7. The van der Waals surface area contributed by atoms with Gasteiger partial charge in [-0.3, -0.25) is 0 Å². The molecule has 1 aliphatic carbocycles. The minimum absolute atomic E-state index is 0.0335. The van der Waals surface area contributed by atoms with Crippen LogP contribution >= 0.6 is 0 Å². The standard InChI is InChI=1S/C16H21N5O/c22-14-8-4-9-16(14)10-5-11-20(12-16)15-17-18-19-21(15)13-6-2-1-3-7-13/h1-3,6-7,14,22H,4-5,8-12H2/t14-,16+/m1/s1. The van der Waals surface area contributed by atoms with Crippen molar-refractivity contribution in [2.75, 3.05) is 18.0 Å². The first-order valence-electron chi connectivity index (χ1n) is 8.05. The first-order valence-corrected chi connectivity index (χ1v) is 8.05. The number of tetrazole rings is 1. The number of hydrogen-bond donors (Lipinski definition) is 1. The van der Waals surface area contributed by atoms with Gasteiger partial charge in [0.2, 0.25) is 5.95 Å². The molecule has 6 nitrogen and oxygen atoms in total. The Morgan fingerprint density at radius 2 is 1.95 bits per heavy atom. The van der Waals surface area contributed by atoms with E-state index in [0.717, 1.165) is 56.8 Å². The van der Waals surface area contributed by atoms with Gasteiger partial charge in [-0.15, -0.1) is 0 Å². The average Bonchev–Trinajstić information content (AvgIpc) is 3.17. The molecule has 0 bridgehead atoms. The normalized spacial score (nSPS) is 28.4. The lowest BCUT2D eigenvalue weighted by Gasteiger charge is -2.42. The highest BCUT2D eigenvalue weighted by atomic mass is 16.3. The molecule has 0 amide bonds. The van der Waals surface area contributed by atoms with E-state index in [9.17, 15) is 5.11 Å². The summed E-state index contributed by atoms with van der Waals surface area (Å²) in [5, 5.41) is 22.7. The number of anilines is 1. The highest BCUT2D eigenvalue weighted by molar-refractivity contribution is 5.41. The summed E-state index contributed by atoms with van der Waals surface area (Å²) in [7, 11) is 0. The van der Waals surface area contributed by atoms with E-state index in [2.05, 4.69) is 20.4 Å². The summed E-state index contributed by atoms with van der Waals surface area (Å²) in [5.41, 5.74) is 1.00. The van der Waals surface area contributed by atoms with Crippen LogP contribution in [0.15, 0.2) is 30.3 Å². The van der Waals surface area contributed by atoms with Gasteiger partial charge in [-0.05, 0) is 48.2 Å². The summed E-state index contributed by atoms with van der Waals surface area (Å²) in [4.78, 5) is 2.24. The van der Waals surface area contributed by atoms with E-state index >= 15 is 0 Å². The van der Waals surface area contributed by atoms with E-state index in [1.807, 2.05) is 30.3 Å². The Kier molecular flexibility index (Phi) is 3.33. The van der Waals surface area contributed by atoms with E-state index in [4.69, 9.17) is 0 Å². The molecule has 22 heavy (non-hydrogen) atoms. The monoisotopic (exact) mass is 299 g/mol. The number of benzene rings is 1. The molecule has 2 fully saturated rings. The maximum absolute atomic E-state index is 10.4. The molecule has 2 heterocycles. The lowest BCUT2D eigenvalue weighted by Crippen LogP contribution is -2.48. The fourth-order valence-corrected chi connectivity index (χ4v) is 4.04. The Morgan fingerprint density at radius 3 is 2.73 bits per heavy atom. The molecule has 116 valence electrons. The molecule has 2 aliphatic rings. The highest BCUT2D eigenvalue weighted by Crippen LogP contribution is 2.45. The van der Waals surface area contributed by atoms with Crippen LogP contribution in [-0.2, 0) is 0 Å². The number of piperidine rings is 1. The van der Waals surface area contributed by atoms with Crippen LogP contribution in [0, 0.1) is 5.41 Å². The number of nitrogens with zero attached hydrogens (tertiary/aromatic N) is 5. The Hall–Kier alpha value is -1.95. The third kappa shape index (κ3) is 2.18. The van der Waals surface area contributed by atoms with Crippen molar-refractivity contribution < 1.29 is 5.11 Å². The van der Waals surface area contributed by atoms with Gasteiger partial charge in [0.25, 0.3) is 0 Å². The molecule has 1 N–H and O–H groups in total. The van der Waals surface area contributed by atoms with E-state index in [1.54, 1.807) is 4.68 Å². The topological polar surface area (TPSA) is 67.1 Å². The maximum Gasteiger partial charge on any atom is 0.250 e. The summed E-state index contributed by atoms with van der Waals surface area (Å²) in [6.07, 6.45) is 5.17. The molecule has 1 aromatic carbocycles. The number of aliphatic hydroxyl groups excluding tert-OH is 1. The molecule has 6 heteroatoms. The molecule has 1 aliphatic heterocycles. The predicted molar refractivity (Wildman–Crippen MR) is 82.9 cm³/mol. The molecular formula is C16H21N5O. The van der Waals surface area contributed by atoms with Gasteiger partial charge in [0.05, 0.1) is 11.8 Å². The minimum Gasteiger partial charge on any atom is -0.392 e. The van der Waals surface area contributed by atoms with Gasteiger partial charge in [-0.2, -0.15) is 4.68 Å². The van der Waals surface area contributed by atoms with Crippen LogP contribution in [0.25, 0.3) is 5.69 Å². The fourth-order valence-electron chi connectivity index (χ4n) is 4.04. The second-order valence-corrected chi connectivity index (χ2v) is 6.52. The smallest absolute Gasteiger partial charge is 0.250 e. The van der Waals surface area contributed by atoms with E-state index in [0.29, 0.717) is 0 Å². The number of hydrogen-bond acceptors (Lipinski definition) is 5. The van der Waals surface area contributed by atoms with Crippen LogP contribution in [0.4, 0.5) is 5.95 Å². The third-order valence-corrected chi connectivity index (χ3v) is 5.20. The van der Waals surface area contributed by atoms with Crippen LogP contribution < -0.4 is 4.90 Å². The van der Waals surface area contributed by atoms with Gasteiger partial charge in [0.15, 0.2) is 0 Å². The zero-order valence-electron chi connectivity index (χ0n) is 12.6. The molecule has 2 atom stereocenters. The van der Waals surface area contributed by atoms with Gasteiger partial charge in [0.1, 0.15) is 0 Å². The molecule has 1 spiro atoms. The molecular weight excluding hydrogens is 278 g/mol. The Bertz CT molecular complexity index is 643. The quantitative estimate of drug-likeness (QED) is 0.916. The van der Waals surface area contributed by atoms with Crippen molar-refractivity contribution in [2.45, 2.75) is 38.2 Å². The van der Waals surface area contributed by atoms with E-state index in [-0.39, 0.29) is 11.5 Å². The molecule has 0 unspecified atom stereocenters. The van der Waals surface area contributed by atoms with Crippen LogP contribution in [-0.4, -0.2) is 44.5 Å². The van der Waals surface area contributed by atoms with Crippen molar-refractivity contribution in [1.82, 2.24) is 20.2 Å². The summed E-state index contributed by atoms with van der Waals surface area (Å²) < 4.78 is 1.79. The number of rotatable bonds is 2. The average molecular weight is 299 g/mol. The summed E-state index contributed by atoms with van der Waals surface area (Å²) in [6.45, 7) is 1.79. The summed E-state index contributed by atoms with van der Waals surface area (Å²) in [5.74, 6) is 0.782. The van der Waals surface area contributed by atoms with Crippen molar-refractivity contribution in [1.29, 1.82) is 0 Å². The third-order valence-electron chi connectivity index (χ3n) is 5.20. The largest absolute Gasteiger partial charge is 0.392 e. The molecule has 4 rings (SSSR count). The second kappa shape index (κ2) is 5.35. The van der Waals surface area contributed by atoms with Crippen molar-refractivity contribution in [2.24, 2.45) is 5.41 Å². The van der Waals surface area contributed by atoms with Gasteiger partial charge < -0.3 is 10.0 Å². The summed E-state index contributed by atoms with van der Waals surface area (Å²) >= 11 is 0. The molecule has 2 aromatic rings. The molecule has 1 aromatic heterocycles. The van der Waals surface area contributed by atoms with Crippen LogP contribution in [0.5, 0.6) is 0 Å². The van der Waals surface area contributed by atoms with Crippen molar-refractivity contribution in [3.05, 3.63) is 30.3 Å².